The van der Waals surface area contributed by atoms with E-state index < -0.39 is 0 Å². The molecule has 1 aliphatic rings. The Labute approximate surface area is 126 Å². The van der Waals surface area contributed by atoms with E-state index in [4.69, 9.17) is 0 Å². The van der Waals surface area contributed by atoms with Crippen molar-refractivity contribution in [2.24, 2.45) is 0 Å². The number of halogens is 1. The number of aromatic nitrogens is 1. The predicted molar refractivity (Wildman–Crippen MR) is 82.4 cm³/mol. The van der Waals surface area contributed by atoms with Crippen molar-refractivity contribution in [1.29, 1.82) is 0 Å². The first kappa shape index (κ1) is 14.3. The van der Waals surface area contributed by atoms with E-state index in [9.17, 15) is 4.39 Å². The van der Waals surface area contributed by atoms with E-state index in [1.54, 1.807) is 12.1 Å². The molecule has 2 N–H and O–H groups in total. The van der Waals surface area contributed by atoms with Gasteiger partial charge in [-0.15, -0.1) is 0 Å². The smallest absolute Gasteiger partial charge is 0.123 e. The molecule has 1 saturated carbocycles. The van der Waals surface area contributed by atoms with Gasteiger partial charge < -0.3 is 9.88 Å². The van der Waals surface area contributed by atoms with E-state index in [1.165, 1.54) is 43.9 Å². The van der Waals surface area contributed by atoms with Crippen LogP contribution in [0.3, 0.4) is 0 Å². The first-order chi connectivity index (χ1) is 10.3. The van der Waals surface area contributed by atoms with E-state index >= 15 is 0 Å². The van der Waals surface area contributed by atoms with Gasteiger partial charge in [-0.3, -0.25) is 0 Å². The van der Waals surface area contributed by atoms with E-state index in [-0.39, 0.29) is 5.82 Å². The molecule has 1 aromatic heterocycles. The van der Waals surface area contributed by atoms with Gasteiger partial charge in [0.15, 0.2) is 0 Å². The number of hydrogen-bond acceptors (Lipinski definition) is 0. The van der Waals surface area contributed by atoms with Crippen LogP contribution in [0.4, 0.5) is 4.39 Å². The van der Waals surface area contributed by atoms with Crippen LogP contribution in [-0.4, -0.2) is 10.6 Å². The van der Waals surface area contributed by atoms with E-state index in [0.717, 1.165) is 24.7 Å². The molecule has 1 fully saturated rings. The van der Waals surface area contributed by atoms with Gasteiger partial charge in [-0.05, 0) is 55.5 Å². The Balaban J connectivity index is 1.60. The Hall–Kier alpha value is -1.61. The van der Waals surface area contributed by atoms with E-state index in [2.05, 4.69) is 28.2 Å². The van der Waals surface area contributed by atoms with Crippen LogP contribution in [0, 0.1) is 5.82 Å². The van der Waals surface area contributed by atoms with Gasteiger partial charge in [-0.2, -0.15) is 0 Å². The van der Waals surface area contributed by atoms with Crippen LogP contribution in [0.1, 0.15) is 43.4 Å². The topological polar surface area (TPSA) is 21.5 Å². The average molecular weight is 287 g/mol. The van der Waals surface area contributed by atoms with Gasteiger partial charge in [-0.1, -0.05) is 18.6 Å². The number of benzene rings is 1. The summed E-state index contributed by atoms with van der Waals surface area (Å²) < 4.78 is 15.5. The fourth-order valence-electron chi connectivity index (χ4n) is 3.28. The van der Waals surface area contributed by atoms with Crippen molar-refractivity contribution in [3.63, 3.8) is 0 Å². The predicted octanol–water partition coefficient (Wildman–Crippen LogP) is 3.07. The van der Waals surface area contributed by atoms with Crippen molar-refractivity contribution >= 4 is 0 Å². The number of nitrogens with zero attached hydrogens (tertiary/aromatic N) is 1. The third-order valence-corrected chi connectivity index (χ3v) is 4.48. The molecule has 0 spiro atoms. The Morgan fingerprint density at radius 1 is 1.10 bits per heavy atom. The normalized spacial score (nSPS) is 16.2. The molecule has 0 unspecified atom stereocenters. The van der Waals surface area contributed by atoms with Gasteiger partial charge in [0.25, 0.3) is 0 Å². The fraction of sp³-hybridized carbons (Fsp3) is 0.444. The molecule has 1 heterocycles. The summed E-state index contributed by atoms with van der Waals surface area (Å²) in [6, 6.07) is 11.9. The van der Waals surface area contributed by atoms with Crippen LogP contribution in [0.15, 0.2) is 42.6 Å². The maximum Gasteiger partial charge on any atom is 0.123 e. The quantitative estimate of drug-likeness (QED) is 0.873. The first-order valence-electron chi connectivity index (χ1n) is 8.03. The van der Waals surface area contributed by atoms with Crippen molar-refractivity contribution < 1.29 is 9.71 Å². The Kier molecular flexibility index (Phi) is 4.71. The molecule has 3 heteroatoms. The number of rotatable bonds is 5. The second kappa shape index (κ2) is 6.90. The minimum Gasteiger partial charge on any atom is -0.342 e. The highest BCUT2D eigenvalue weighted by Crippen LogP contribution is 2.15. The third kappa shape index (κ3) is 3.94. The number of nitrogens with two attached hydrogens (primary N) is 1. The number of quaternary nitrogens is 1. The summed E-state index contributed by atoms with van der Waals surface area (Å²) in [7, 11) is 0. The molecule has 0 atom stereocenters. The third-order valence-electron chi connectivity index (χ3n) is 4.48. The molecule has 2 aromatic rings. The van der Waals surface area contributed by atoms with Crippen LogP contribution >= 0.6 is 0 Å². The summed E-state index contributed by atoms with van der Waals surface area (Å²) in [5, 5.41) is 2.48. The standard InChI is InChI=1S/C18H23FN2/c19-16-7-4-6-15(12-16)14-21-11-5-10-18(21)13-20-17-8-2-1-3-9-17/h4-7,10-12,17,20H,1-3,8-9,13-14H2/p+1. The molecule has 2 nitrogen and oxygen atoms in total. The molecule has 21 heavy (non-hydrogen) atoms. The van der Waals surface area contributed by atoms with Crippen LogP contribution < -0.4 is 5.32 Å². The molecular formula is C18H24FN2+. The summed E-state index contributed by atoms with van der Waals surface area (Å²) in [5.74, 6) is -0.157. The summed E-state index contributed by atoms with van der Waals surface area (Å²) in [6.07, 6.45) is 8.96. The van der Waals surface area contributed by atoms with Gasteiger partial charge in [0, 0.05) is 12.7 Å². The Bertz CT molecular complexity index is 570. The molecule has 0 bridgehead atoms. The zero-order valence-corrected chi connectivity index (χ0v) is 12.5. The lowest BCUT2D eigenvalue weighted by Gasteiger charge is -2.20. The summed E-state index contributed by atoms with van der Waals surface area (Å²) in [4.78, 5) is 0. The van der Waals surface area contributed by atoms with Crippen molar-refractivity contribution in [2.75, 3.05) is 0 Å². The zero-order chi connectivity index (χ0) is 14.5. The minimum absolute atomic E-state index is 0.157. The van der Waals surface area contributed by atoms with E-state index in [1.807, 2.05) is 6.07 Å². The maximum absolute atomic E-state index is 13.3. The molecule has 1 aliphatic carbocycles. The molecule has 0 amide bonds. The molecule has 3 rings (SSSR count). The Morgan fingerprint density at radius 3 is 2.76 bits per heavy atom. The molecule has 0 aliphatic heterocycles. The molecule has 0 radical (unpaired) electrons. The SMILES string of the molecule is Fc1cccc(Cn2cccc2C[NH2+]C2CCCCC2)c1. The monoisotopic (exact) mass is 287 g/mol. The maximum atomic E-state index is 13.3. The van der Waals surface area contributed by atoms with Crippen LogP contribution in [0.5, 0.6) is 0 Å². The second-order valence-corrected chi connectivity index (χ2v) is 6.10. The highest BCUT2D eigenvalue weighted by Gasteiger charge is 2.16. The summed E-state index contributed by atoms with van der Waals surface area (Å²) >= 11 is 0. The van der Waals surface area contributed by atoms with Crippen molar-refractivity contribution in [3.05, 3.63) is 59.7 Å². The largest absolute Gasteiger partial charge is 0.342 e. The Morgan fingerprint density at radius 2 is 1.95 bits per heavy atom. The van der Waals surface area contributed by atoms with Crippen molar-refractivity contribution in [2.45, 2.75) is 51.2 Å². The zero-order valence-electron chi connectivity index (χ0n) is 12.5. The summed E-state index contributed by atoms with van der Waals surface area (Å²) in [5.41, 5.74) is 2.34. The average Bonchev–Trinajstić information content (AvgIpc) is 2.93. The van der Waals surface area contributed by atoms with Gasteiger partial charge in [0.1, 0.15) is 12.4 Å². The molecule has 1 aromatic carbocycles. The molecule has 0 saturated heterocycles. The van der Waals surface area contributed by atoms with Crippen LogP contribution in [-0.2, 0) is 13.1 Å². The highest BCUT2D eigenvalue weighted by molar-refractivity contribution is 5.18. The van der Waals surface area contributed by atoms with E-state index in [0.29, 0.717) is 0 Å². The lowest BCUT2D eigenvalue weighted by Crippen LogP contribution is -2.88. The molecular weight excluding hydrogens is 263 g/mol. The lowest BCUT2D eigenvalue weighted by atomic mass is 9.95. The highest BCUT2D eigenvalue weighted by atomic mass is 19.1. The number of hydrogen-bond donors (Lipinski definition) is 1. The minimum atomic E-state index is -0.157. The van der Waals surface area contributed by atoms with Gasteiger partial charge in [0.05, 0.1) is 11.7 Å². The van der Waals surface area contributed by atoms with Crippen LogP contribution in [0.2, 0.25) is 0 Å². The first-order valence-corrected chi connectivity index (χ1v) is 8.03. The van der Waals surface area contributed by atoms with Gasteiger partial charge >= 0.3 is 0 Å². The van der Waals surface area contributed by atoms with Crippen molar-refractivity contribution in [1.82, 2.24) is 4.57 Å². The van der Waals surface area contributed by atoms with Gasteiger partial charge in [0.2, 0.25) is 0 Å². The van der Waals surface area contributed by atoms with Crippen LogP contribution in [0.25, 0.3) is 0 Å². The fourth-order valence-corrected chi connectivity index (χ4v) is 3.28. The van der Waals surface area contributed by atoms with Gasteiger partial charge in [-0.25, -0.2) is 4.39 Å². The second-order valence-electron chi connectivity index (χ2n) is 6.10. The molecule has 112 valence electrons. The lowest BCUT2D eigenvalue weighted by molar-refractivity contribution is -0.707. The van der Waals surface area contributed by atoms with Crippen molar-refractivity contribution in [3.8, 4) is 0 Å². The summed E-state index contributed by atoms with van der Waals surface area (Å²) in [6.45, 7) is 1.77.